The molecule has 0 saturated carbocycles. The molecule has 0 aliphatic rings. The highest BCUT2D eigenvalue weighted by Gasteiger charge is 2.15. The Balaban J connectivity index is 2.16. The number of halogens is 1. The van der Waals surface area contributed by atoms with Crippen LogP contribution < -0.4 is 5.32 Å². The third kappa shape index (κ3) is 2.75. The van der Waals surface area contributed by atoms with Crippen LogP contribution in [-0.2, 0) is 0 Å². The fourth-order valence-electron chi connectivity index (χ4n) is 2.24. The Bertz CT molecular complexity index is 519. The summed E-state index contributed by atoms with van der Waals surface area (Å²) in [7, 11) is 0. The molecule has 1 unspecified atom stereocenters. The third-order valence-electron chi connectivity index (χ3n) is 3.41. The maximum atomic E-state index is 5.92. The molecule has 0 saturated heterocycles. The average Bonchev–Trinajstić information content (AvgIpc) is 2.71. The summed E-state index contributed by atoms with van der Waals surface area (Å²) in [5.41, 5.74) is 0.804. The average molecular weight is 267 g/mol. The topological polar surface area (TPSA) is 42.2 Å². The van der Waals surface area contributed by atoms with Crippen molar-refractivity contribution in [2.24, 2.45) is 5.92 Å². The lowest BCUT2D eigenvalue weighted by atomic mass is 9.96. The molecule has 5 heteroatoms. The van der Waals surface area contributed by atoms with Crippen LogP contribution in [0.15, 0.2) is 18.3 Å². The summed E-state index contributed by atoms with van der Waals surface area (Å²) >= 11 is 5.92. The third-order valence-corrected chi connectivity index (χ3v) is 3.63. The number of anilines is 1. The minimum atomic E-state index is 0.368. The standard InChI is InChI=1S/C13H19ClN4/c1-4-10(5-2)9(3)15-13-16-12-7-6-11(14)8-18(12)17-13/h6-10H,4-5H2,1-3H3,(H,15,17). The second kappa shape index (κ2) is 5.57. The number of nitrogens with zero attached hydrogens (tertiary/aromatic N) is 3. The molecule has 2 heterocycles. The zero-order valence-corrected chi connectivity index (χ0v) is 11.8. The summed E-state index contributed by atoms with van der Waals surface area (Å²) in [6, 6.07) is 4.05. The Labute approximate surface area is 112 Å². The highest BCUT2D eigenvalue weighted by molar-refractivity contribution is 6.30. The smallest absolute Gasteiger partial charge is 0.243 e. The molecule has 2 rings (SSSR count). The molecule has 0 bridgehead atoms. The van der Waals surface area contributed by atoms with Crippen LogP contribution >= 0.6 is 11.6 Å². The zero-order valence-electron chi connectivity index (χ0n) is 11.0. The maximum absolute atomic E-state index is 5.92. The fraction of sp³-hybridized carbons (Fsp3) is 0.538. The second-order valence-electron chi connectivity index (χ2n) is 4.60. The first-order chi connectivity index (χ1) is 8.63. The van der Waals surface area contributed by atoms with Crippen molar-refractivity contribution < 1.29 is 0 Å². The van der Waals surface area contributed by atoms with Crippen molar-refractivity contribution >= 4 is 23.2 Å². The molecule has 18 heavy (non-hydrogen) atoms. The minimum absolute atomic E-state index is 0.368. The highest BCUT2D eigenvalue weighted by Crippen LogP contribution is 2.17. The lowest BCUT2D eigenvalue weighted by Crippen LogP contribution is -2.25. The quantitative estimate of drug-likeness (QED) is 0.899. The van der Waals surface area contributed by atoms with Crippen LogP contribution in [-0.4, -0.2) is 20.6 Å². The first-order valence-electron chi connectivity index (χ1n) is 6.42. The van der Waals surface area contributed by atoms with Crippen molar-refractivity contribution in [3.05, 3.63) is 23.4 Å². The van der Waals surface area contributed by atoms with E-state index in [1.807, 2.05) is 12.1 Å². The Hall–Kier alpha value is -1.29. The fourth-order valence-corrected chi connectivity index (χ4v) is 2.39. The van der Waals surface area contributed by atoms with E-state index in [0.717, 1.165) is 18.5 Å². The highest BCUT2D eigenvalue weighted by atomic mass is 35.5. The summed E-state index contributed by atoms with van der Waals surface area (Å²) in [6.45, 7) is 6.60. The Morgan fingerprint density at radius 3 is 2.72 bits per heavy atom. The van der Waals surface area contributed by atoms with Gasteiger partial charge in [0.1, 0.15) is 0 Å². The number of nitrogens with one attached hydrogen (secondary N) is 1. The van der Waals surface area contributed by atoms with Crippen LogP contribution in [0.3, 0.4) is 0 Å². The molecular weight excluding hydrogens is 248 g/mol. The first kappa shape index (κ1) is 13.1. The second-order valence-corrected chi connectivity index (χ2v) is 5.03. The van der Waals surface area contributed by atoms with Gasteiger partial charge in [-0.2, -0.15) is 4.98 Å². The van der Waals surface area contributed by atoms with Gasteiger partial charge < -0.3 is 5.32 Å². The summed E-state index contributed by atoms with van der Waals surface area (Å²) in [5.74, 6) is 1.30. The lowest BCUT2D eigenvalue weighted by molar-refractivity contribution is 0.436. The number of pyridine rings is 1. The number of hydrogen-bond donors (Lipinski definition) is 1. The van der Waals surface area contributed by atoms with Crippen LogP contribution in [0.4, 0.5) is 5.95 Å². The molecule has 98 valence electrons. The van der Waals surface area contributed by atoms with Gasteiger partial charge >= 0.3 is 0 Å². The number of fused-ring (bicyclic) bond motifs is 1. The van der Waals surface area contributed by atoms with Gasteiger partial charge in [-0.15, -0.1) is 5.10 Å². The van der Waals surface area contributed by atoms with Crippen molar-refractivity contribution in [3.63, 3.8) is 0 Å². The molecule has 0 amide bonds. The van der Waals surface area contributed by atoms with E-state index in [0.29, 0.717) is 22.9 Å². The van der Waals surface area contributed by atoms with Gasteiger partial charge in [-0.25, -0.2) is 4.52 Å². The van der Waals surface area contributed by atoms with Crippen molar-refractivity contribution in [2.45, 2.75) is 39.7 Å². The molecule has 4 nitrogen and oxygen atoms in total. The number of hydrogen-bond acceptors (Lipinski definition) is 3. The van der Waals surface area contributed by atoms with E-state index in [1.54, 1.807) is 10.7 Å². The van der Waals surface area contributed by atoms with Gasteiger partial charge in [0.25, 0.3) is 0 Å². The van der Waals surface area contributed by atoms with Crippen LogP contribution in [0, 0.1) is 5.92 Å². The first-order valence-corrected chi connectivity index (χ1v) is 6.80. The van der Waals surface area contributed by atoms with E-state index >= 15 is 0 Å². The van der Waals surface area contributed by atoms with Crippen molar-refractivity contribution in [1.82, 2.24) is 14.6 Å². The van der Waals surface area contributed by atoms with Crippen molar-refractivity contribution in [3.8, 4) is 0 Å². The molecule has 2 aromatic rings. The molecule has 1 atom stereocenters. The van der Waals surface area contributed by atoms with Crippen LogP contribution in [0.5, 0.6) is 0 Å². The van der Waals surface area contributed by atoms with E-state index in [9.17, 15) is 0 Å². The Morgan fingerprint density at radius 1 is 1.33 bits per heavy atom. The van der Waals surface area contributed by atoms with Crippen LogP contribution in [0.1, 0.15) is 33.6 Å². The van der Waals surface area contributed by atoms with Gasteiger partial charge in [-0.05, 0) is 25.0 Å². The van der Waals surface area contributed by atoms with E-state index in [4.69, 9.17) is 11.6 Å². The molecule has 0 aromatic carbocycles. The number of aromatic nitrogens is 3. The van der Waals surface area contributed by atoms with Gasteiger partial charge in [0.15, 0.2) is 5.65 Å². The van der Waals surface area contributed by atoms with Crippen LogP contribution in [0.25, 0.3) is 5.65 Å². The monoisotopic (exact) mass is 266 g/mol. The summed E-state index contributed by atoms with van der Waals surface area (Å²) in [5, 5.41) is 8.40. The van der Waals surface area contributed by atoms with Crippen molar-refractivity contribution in [2.75, 3.05) is 5.32 Å². The minimum Gasteiger partial charge on any atom is -0.350 e. The maximum Gasteiger partial charge on any atom is 0.243 e. The molecule has 0 aliphatic carbocycles. The van der Waals surface area contributed by atoms with E-state index in [1.165, 1.54) is 0 Å². The molecule has 1 N–H and O–H groups in total. The molecule has 0 radical (unpaired) electrons. The number of rotatable bonds is 5. The van der Waals surface area contributed by atoms with Gasteiger partial charge in [-0.1, -0.05) is 38.3 Å². The van der Waals surface area contributed by atoms with E-state index < -0.39 is 0 Å². The normalized spacial score (nSPS) is 13.2. The Morgan fingerprint density at radius 2 is 2.06 bits per heavy atom. The Kier molecular flexibility index (Phi) is 4.07. The molecule has 0 spiro atoms. The van der Waals surface area contributed by atoms with E-state index in [2.05, 4.69) is 36.2 Å². The predicted octanol–water partition coefficient (Wildman–Crippen LogP) is 3.62. The summed E-state index contributed by atoms with van der Waals surface area (Å²) < 4.78 is 1.70. The lowest BCUT2D eigenvalue weighted by Gasteiger charge is -2.21. The molecule has 2 aromatic heterocycles. The SMILES string of the molecule is CCC(CC)C(C)Nc1nc2ccc(Cl)cn2n1. The van der Waals surface area contributed by atoms with E-state index in [-0.39, 0.29) is 0 Å². The van der Waals surface area contributed by atoms with Crippen LogP contribution in [0.2, 0.25) is 5.02 Å². The molecule has 0 aliphatic heterocycles. The summed E-state index contributed by atoms with van der Waals surface area (Å²) in [6.07, 6.45) is 4.07. The molecule has 0 fully saturated rings. The predicted molar refractivity (Wildman–Crippen MR) is 75.2 cm³/mol. The molecular formula is C13H19ClN4. The summed E-state index contributed by atoms with van der Waals surface area (Å²) in [4.78, 5) is 4.43. The largest absolute Gasteiger partial charge is 0.350 e. The van der Waals surface area contributed by atoms with Gasteiger partial charge in [0, 0.05) is 12.2 Å². The van der Waals surface area contributed by atoms with Gasteiger partial charge in [0.2, 0.25) is 5.95 Å². The van der Waals surface area contributed by atoms with Gasteiger partial charge in [-0.3, -0.25) is 0 Å². The van der Waals surface area contributed by atoms with Crippen molar-refractivity contribution in [1.29, 1.82) is 0 Å². The van der Waals surface area contributed by atoms with Gasteiger partial charge in [0.05, 0.1) is 5.02 Å². The zero-order chi connectivity index (χ0) is 13.1.